The molecule has 1 amide bonds. The molecule has 2 aliphatic heterocycles. The standard InChI is InChI=1S/C28H28BrN3O2S2/c1-19-16-22(17-26-27(33)31(28(35)36-26)11-10-21-6-4-3-5-7-21)20(2)32(19)23-8-9-25(24(29)18-23)30-12-14-34-15-13-30/h3-9,16-18H,10-15H2,1-2H3/b26-17-. The molecule has 0 spiro atoms. The number of halogens is 1. The Kier molecular flexibility index (Phi) is 7.67. The first-order valence-corrected chi connectivity index (χ1v) is 14.0. The predicted octanol–water partition coefficient (Wildman–Crippen LogP) is 6.14. The van der Waals surface area contributed by atoms with Crippen molar-refractivity contribution in [3.05, 3.63) is 86.5 Å². The van der Waals surface area contributed by atoms with E-state index in [1.165, 1.54) is 23.0 Å². The topological polar surface area (TPSA) is 37.7 Å². The van der Waals surface area contributed by atoms with Gasteiger partial charge in [0.15, 0.2) is 0 Å². The SMILES string of the molecule is Cc1cc(/C=C2\SC(=S)N(CCc3ccccc3)C2=O)c(C)n1-c1ccc(N2CCOCC2)c(Br)c1. The molecular weight excluding hydrogens is 554 g/mol. The molecule has 2 saturated heterocycles. The molecule has 0 saturated carbocycles. The van der Waals surface area contributed by atoms with Crippen molar-refractivity contribution >= 4 is 61.9 Å². The van der Waals surface area contributed by atoms with Crippen molar-refractivity contribution in [2.75, 3.05) is 37.7 Å². The smallest absolute Gasteiger partial charge is 0.266 e. The average Bonchev–Trinajstić information content (AvgIpc) is 3.31. The highest BCUT2D eigenvalue weighted by molar-refractivity contribution is 9.10. The fourth-order valence-corrected chi connectivity index (χ4v) is 6.66. The van der Waals surface area contributed by atoms with Gasteiger partial charge in [-0.15, -0.1) is 0 Å². The van der Waals surface area contributed by atoms with Crippen molar-refractivity contribution in [2.24, 2.45) is 0 Å². The Labute approximate surface area is 230 Å². The van der Waals surface area contributed by atoms with E-state index < -0.39 is 0 Å². The van der Waals surface area contributed by atoms with Crippen molar-refractivity contribution in [3.63, 3.8) is 0 Å². The number of thiocarbonyl (C=S) groups is 1. The minimum Gasteiger partial charge on any atom is -0.378 e. The average molecular weight is 583 g/mol. The number of carbonyl (C=O) groups is 1. The molecule has 2 aliphatic rings. The van der Waals surface area contributed by atoms with Crippen LogP contribution < -0.4 is 4.90 Å². The van der Waals surface area contributed by atoms with E-state index in [9.17, 15) is 4.79 Å². The van der Waals surface area contributed by atoms with Crippen LogP contribution >= 0.6 is 39.9 Å². The number of morpholine rings is 1. The number of thioether (sulfide) groups is 1. The second-order valence-electron chi connectivity index (χ2n) is 8.97. The van der Waals surface area contributed by atoms with Gasteiger partial charge >= 0.3 is 0 Å². The quantitative estimate of drug-likeness (QED) is 0.258. The number of anilines is 1. The lowest BCUT2D eigenvalue weighted by molar-refractivity contribution is -0.122. The molecule has 0 radical (unpaired) electrons. The number of nitrogens with zero attached hydrogens (tertiary/aromatic N) is 3. The summed E-state index contributed by atoms with van der Waals surface area (Å²) in [5, 5.41) is 0. The first-order valence-electron chi connectivity index (χ1n) is 12.0. The van der Waals surface area contributed by atoms with Gasteiger partial charge in [0.1, 0.15) is 4.32 Å². The number of hydrogen-bond donors (Lipinski definition) is 0. The zero-order valence-corrected chi connectivity index (χ0v) is 23.6. The number of amides is 1. The van der Waals surface area contributed by atoms with Crippen molar-refractivity contribution in [1.29, 1.82) is 0 Å². The van der Waals surface area contributed by atoms with Crippen LogP contribution in [0, 0.1) is 13.8 Å². The molecule has 0 atom stereocenters. The summed E-state index contributed by atoms with van der Waals surface area (Å²) < 4.78 is 9.41. The van der Waals surface area contributed by atoms with Crippen LogP contribution in [-0.4, -0.2) is 52.5 Å². The van der Waals surface area contributed by atoms with E-state index in [0.29, 0.717) is 15.8 Å². The molecule has 186 valence electrons. The number of aryl methyl sites for hydroxylation is 1. The summed E-state index contributed by atoms with van der Waals surface area (Å²) >= 11 is 10.7. The van der Waals surface area contributed by atoms with Crippen LogP contribution in [0.2, 0.25) is 0 Å². The summed E-state index contributed by atoms with van der Waals surface area (Å²) in [6.07, 6.45) is 2.77. The van der Waals surface area contributed by atoms with Gasteiger partial charge in [-0.2, -0.15) is 0 Å². The molecule has 36 heavy (non-hydrogen) atoms. The highest BCUT2D eigenvalue weighted by atomic mass is 79.9. The lowest BCUT2D eigenvalue weighted by atomic mass is 10.1. The maximum atomic E-state index is 13.2. The minimum absolute atomic E-state index is 0.0108. The van der Waals surface area contributed by atoms with Crippen LogP contribution in [0.1, 0.15) is 22.5 Å². The summed E-state index contributed by atoms with van der Waals surface area (Å²) in [7, 11) is 0. The van der Waals surface area contributed by atoms with Gasteiger partial charge in [0.25, 0.3) is 5.91 Å². The lowest BCUT2D eigenvalue weighted by Gasteiger charge is -2.30. The Morgan fingerprint density at radius 3 is 2.56 bits per heavy atom. The summed E-state index contributed by atoms with van der Waals surface area (Å²) in [4.78, 5) is 17.9. The van der Waals surface area contributed by atoms with Gasteiger partial charge in [-0.05, 0) is 77.7 Å². The first kappa shape index (κ1) is 25.3. The van der Waals surface area contributed by atoms with Gasteiger partial charge in [0.2, 0.25) is 0 Å². The first-order chi connectivity index (χ1) is 17.4. The molecule has 5 nitrogen and oxygen atoms in total. The van der Waals surface area contributed by atoms with Crippen LogP contribution in [0.15, 0.2) is 64.0 Å². The number of rotatable bonds is 6. The third-order valence-corrected chi connectivity index (χ3v) is 8.65. The molecular formula is C28H28BrN3O2S2. The van der Waals surface area contributed by atoms with Gasteiger partial charge in [0.05, 0.1) is 23.8 Å². The second-order valence-corrected chi connectivity index (χ2v) is 11.5. The molecule has 8 heteroatoms. The van der Waals surface area contributed by atoms with E-state index in [1.807, 2.05) is 24.3 Å². The van der Waals surface area contributed by atoms with Crippen LogP contribution in [0.4, 0.5) is 5.69 Å². The highest BCUT2D eigenvalue weighted by Gasteiger charge is 2.32. The number of hydrogen-bond acceptors (Lipinski definition) is 5. The summed E-state index contributed by atoms with van der Waals surface area (Å²) in [6, 6.07) is 18.8. The summed E-state index contributed by atoms with van der Waals surface area (Å²) in [6.45, 7) is 8.09. The zero-order valence-electron chi connectivity index (χ0n) is 20.4. The molecule has 0 bridgehead atoms. The molecule has 0 aliphatic carbocycles. The summed E-state index contributed by atoms with van der Waals surface area (Å²) in [5.74, 6) is -0.0108. The number of ether oxygens (including phenoxy) is 1. The van der Waals surface area contributed by atoms with Crippen LogP contribution in [0.5, 0.6) is 0 Å². The predicted molar refractivity (Wildman–Crippen MR) is 156 cm³/mol. The molecule has 5 rings (SSSR count). The fraction of sp³-hybridized carbons (Fsp3) is 0.286. The zero-order chi connectivity index (χ0) is 25.2. The fourth-order valence-electron chi connectivity index (χ4n) is 4.75. The maximum absolute atomic E-state index is 13.2. The second kappa shape index (κ2) is 10.9. The van der Waals surface area contributed by atoms with E-state index in [0.717, 1.165) is 59.8 Å². The Morgan fingerprint density at radius 2 is 1.83 bits per heavy atom. The lowest BCUT2D eigenvalue weighted by Crippen LogP contribution is -2.36. The van der Waals surface area contributed by atoms with Gasteiger partial charge in [-0.1, -0.05) is 54.3 Å². The van der Waals surface area contributed by atoms with E-state index in [4.69, 9.17) is 17.0 Å². The number of aromatic nitrogens is 1. The van der Waals surface area contributed by atoms with E-state index >= 15 is 0 Å². The third-order valence-electron chi connectivity index (χ3n) is 6.64. The van der Waals surface area contributed by atoms with Gasteiger partial charge in [0, 0.05) is 41.2 Å². The van der Waals surface area contributed by atoms with Crippen molar-refractivity contribution in [3.8, 4) is 5.69 Å². The Hall–Kier alpha value is -2.39. The Balaban J connectivity index is 1.36. The largest absolute Gasteiger partial charge is 0.378 e. The van der Waals surface area contributed by atoms with Crippen molar-refractivity contribution in [1.82, 2.24) is 9.47 Å². The number of carbonyl (C=O) groups excluding carboxylic acids is 1. The minimum atomic E-state index is -0.0108. The maximum Gasteiger partial charge on any atom is 0.266 e. The molecule has 2 aromatic carbocycles. The monoisotopic (exact) mass is 581 g/mol. The molecule has 2 fully saturated rings. The Morgan fingerprint density at radius 1 is 1.08 bits per heavy atom. The normalized spacial score (nSPS) is 17.5. The van der Waals surface area contributed by atoms with Gasteiger partial charge in [-0.25, -0.2) is 0 Å². The number of benzene rings is 2. The Bertz CT molecular complexity index is 1330. The third kappa shape index (κ3) is 5.18. The molecule has 3 heterocycles. The van der Waals surface area contributed by atoms with E-state index in [1.54, 1.807) is 4.90 Å². The van der Waals surface area contributed by atoms with E-state index in [-0.39, 0.29) is 5.91 Å². The van der Waals surface area contributed by atoms with Crippen LogP contribution in [0.25, 0.3) is 11.8 Å². The highest BCUT2D eigenvalue weighted by Crippen LogP contribution is 2.35. The van der Waals surface area contributed by atoms with Gasteiger partial charge in [-0.3, -0.25) is 9.69 Å². The van der Waals surface area contributed by atoms with Crippen LogP contribution in [0.3, 0.4) is 0 Å². The van der Waals surface area contributed by atoms with Gasteiger partial charge < -0.3 is 14.2 Å². The molecule has 1 aromatic heterocycles. The van der Waals surface area contributed by atoms with Crippen LogP contribution in [-0.2, 0) is 16.0 Å². The van der Waals surface area contributed by atoms with E-state index in [2.05, 4.69) is 75.6 Å². The van der Waals surface area contributed by atoms with Crippen molar-refractivity contribution < 1.29 is 9.53 Å². The molecule has 0 N–H and O–H groups in total. The molecule has 3 aromatic rings. The summed E-state index contributed by atoms with van der Waals surface area (Å²) in [5.41, 5.74) is 6.71. The molecule has 0 unspecified atom stereocenters. The van der Waals surface area contributed by atoms with Crippen molar-refractivity contribution in [2.45, 2.75) is 20.3 Å².